The van der Waals surface area contributed by atoms with E-state index in [0.717, 1.165) is 38.5 Å². The zero-order valence-corrected chi connectivity index (χ0v) is 14.6. The number of rotatable bonds is 7. The third-order valence-electron chi connectivity index (χ3n) is 3.61. The Hall–Kier alpha value is -1.16. The minimum Gasteiger partial charge on any atom is -0.462 e. The largest absolute Gasteiger partial charge is 0.462 e. The van der Waals surface area contributed by atoms with Crippen molar-refractivity contribution in [2.24, 2.45) is 5.92 Å². The fourth-order valence-electron chi connectivity index (χ4n) is 2.47. The van der Waals surface area contributed by atoms with Gasteiger partial charge in [-0.2, -0.15) is 5.10 Å². The summed E-state index contributed by atoms with van der Waals surface area (Å²) in [5.41, 5.74) is -0.0753. The first-order chi connectivity index (χ1) is 10.5. The molecule has 0 spiro atoms. The van der Waals surface area contributed by atoms with E-state index in [1.54, 1.807) is 6.92 Å². The van der Waals surface area contributed by atoms with Crippen LogP contribution in [0.15, 0.2) is 11.2 Å². The van der Waals surface area contributed by atoms with E-state index in [2.05, 4.69) is 20.2 Å². The van der Waals surface area contributed by atoms with Gasteiger partial charge >= 0.3 is 5.97 Å². The molecule has 2 heterocycles. The molecule has 1 aromatic rings. The SMILES string of the molecule is CCOC(=O)c1cn[nH]c1S(=O)(=O)NCCC1CCCNC1.Cl. The molecule has 1 atom stereocenters. The molecule has 0 aromatic carbocycles. The van der Waals surface area contributed by atoms with Crippen LogP contribution in [0.4, 0.5) is 0 Å². The first-order valence-electron chi connectivity index (χ1n) is 7.45. The van der Waals surface area contributed by atoms with Crippen LogP contribution in [0.2, 0.25) is 0 Å². The predicted molar refractivity (Wildman–Crippen MR) is 87.2 cm³/mol. The van der Waals surface area contributed by atoms with Gasteiger partial charge in [0, 0.05) is 6.54 Å². The van der Waals surface area contributed by atoms with Crippen LogP contribution in [0.25, 0.3) is 0 Å². The molecule has 0 amide bonds. The number of nitrogens with zero attached hydrogens (tertiary/aromatic N) is 1. The Morgan fingerprint density at radius 3 is 2.96 bits per heavy atom. The van der Waals surface area contributed by atoms with E-state index < -0.39 is 16.0 Å². The second-order valence-corrected chi connectivity index (χ2v) is 6.94. The number of hydrogen-bond donors (Lipinski definition) is 3. The predicted octanol–water partition coefficient (Wildman–Crippen LogP) is 0.676. The molecule has 1 aliphatic rings. The van der Waals surface area contributed by atoms with Crippen LogP contribution in [-0.2, 0) is 14.8 Å². The number of carbonyl (C=O) groups is 1. The Bertz CT molecular complexity index is 599. The number of carbonyl (C=O) groups excluding carboxylic acids is 1. The molecule has 0 bridgehead atoms. The molecular formula is C13H23ClN4O4S. The van der Waals surface area contributed by atoms with Gasteiger partial charge in [-0.05, 0) is 45.2 Å². The van der Waals surface area contributed by atoms with Gasteiger partial charge in [-0.3, -0.25) is 5.10 Å². The first-order valence-corrected chi connectivity index (χ1v) is 8.93. The Balaban J connectivity index is 0.00000264. The molecule has 1 saturated heterocycles. The second-order valence-electron chi connectivity index (χ2n) is 5.23. The minimum absolute atomic E-state index is 0. The van der Waals surface area contributed by atoms with Crippen molar-refractivity contribution in [3.8, 4) is 0 Å². The van der Waals surface area contributed by atoms with Gasteiger partial charge < -0.3 is 10.1 Å². The van der Waals surface area contributed by atoms with Crippen LogP contribution in [0.1, 0.15) is 36.5 Å². The number of aromatic amines is 1. The molecule has 10 heteroatoms. The minimum atomic E-state index is -3.80. The Morgan fingerprint density at radius 2 is 2.30 bits per heavy atom. The maximum absolute atomic E-state index is 12.3. The second kappa shape index (κ2) is 9.21. The molecule has 2 rings (SSSR count). The van der Waals surface area contributed by atoms with Crippen LogP contribution < -0.4 is 10.0 Å². The van der Waals surface area contributed by atoms with Crippen molar-refractivity contribution in [2.45, 2.75) is 31.2 Å². The molecule has 23 heavy (non-hydrogen) atoms. The van der Waals surface area contributed by atoms with Crippen molar-refractivity contribution in [2.75, 3.05) is 26.2 Å². The molecule has 1 unspecified atom stereocenters. The fourth-order valence-corrected chi connectivity index (χ4v) is 3.60. The third-order valence-corrected chi connectivity index (χ3v) is 5.04. The van der Waals surface area contributed by atoms with Crippen molar-refractivity contribution in [1.29, 1.82) is 0 Å². The first kappa shape index (κ1) is 19.9. The zero-order chi connectivity index (χ0) is 16.0. The highest BCUT2D eigenvalue weighted by Gasteiger charge is 2.26. The van der Waals surface area contributed by atoms with E-state index in [-0.39, 0.29) is 29.6 Å². The van der Waals surface area contributed by atoms with Crippen LogP contribution in [0.5, 0.6) is 0 Å². The molecule has 0 radical (unpaired) electrons. The van der Waals surface area contributed by atoms with Crippen molar-refractivity contribution >= 4 is 28.4 Å². The van der Waals surface area contributed by atoms with E-state index in [0.29, 0.717) is 12.5 Å². The summed E-state index contributed by atoms with van der Waals surface area (Å²) < 4.78 is 31.9. The van der Waals surface area contributed by atoms with Gasteiger partial charge in [-0.1, -0.05) is 0 Å². The number of esters is 1. The molecule has 3 N–H and O–H groups in total. The van der Waals surface area contributed by atoms with E-state index in [4.69, 9.17) is 4.74 Å². The molecular weight excluding hydrogens is 344 g/mol. The molecule has 1 fully saturated rings. The standard InChI is InChI=1S/C13H22N4O4S.ClH/c1-2-21-13(18)11-9-15-17-12(11)22(19,20)16-7-5-10-4-3-6-14-8-10;/h9-10,14,16H,2-8H2,1H3,(H,15,17);1H. The summed E-state index contributed by atoms with van der Waals surface area (Å²) in [6.45, 7) is 4.10. The molecule has 8 nitrogen and oxygen atoms in total. The average molecular weight is 367 g/mol. The Kier molecular flexibility index (Phi) is 7.97. The number of nitrogens with one attached hydrogen (secondary N) is 3. The molecule has 132 valence electrons. The highest BCUT2D eigenvalue weighted by molar-refractivity contribution is 7.89. The quantitative estimate of drug-likeness (QED) is 0.611. The van der Waals surface area contributed by atoms with Crippen molar-refractivity contribution in [3.05, 3.63) is 11.8 Å². The summed E-state index contributed by atoms with van der Waals surface area (Å²) in [6.07, 6.45) is 4.14. The van der Waals surface area contributed by atoms with Gasteiger partial charge in [0.15, 0.2) is 5.03 Å². The van der Waals surface area contributed by atoms with E-state index in [1.807, 2.05) is 0 Å². The summed E-state index contributed by atoms with van der Waals surface area (Å²) in [4.78, 5) is 11.7. The van der Waals surface area contributed by atoms with Gasteiger partial charge in [0.2, 0.25) is 0 Å². The molecule has 0 saturated carbocycles. The topological polar surface area (TPSA) is 113 Å². The van der Waals surface area contributed by atoms with E-state index in [1.165, 1.54) is 0 Å². The monoisotopic (exact) mass is 366 g/mol. The van der Waals surface area contributed by atoms with Gasteiger partial charge in [-0.25, -0.2) is 17.9 Å². The number of ether oxygens (including phenoxy) is 1. The zero-order valence-electron chi connectivity index (χ0n) is 13.0. The maximum Gasteiger partial charge on any atom is 0.342 e. The summed E-state index contributed by atoms with van der Waals surface area (Å²) in [7, 11) is -3.80. The number of piperidine rings is 1. The summed E-state index contributed by atoms with van der Waals surface area (Å²) >= 11 is 0. The summed E-state index contributed by atoms with van der Waals surface area (Å²) in [5, 5.41) is 9.05. The maximum atomic E-state index is 12.3. The normalized spacial score (nSPS) is 18.2. The highest BCUT2D eigenvalue weighted by Crippen LogP contribution is 2.15. The third kappa shape index (κ3) is 5.45. The van der Waals surface area contributed by atoms with E-state index >= 15 is 0 Å². The lowest BCUT2D eigenvalue weighted by Crippen LogP contribution is -2.33. The average Bonchev–Trinajstić information content (AvgIpc) is 2.99. The number of H-pyrrole nitrogens is 1. The van der Waals surface area contributed by atoms with Crippen LogP contribution in [0.3, 0.4) is 0 Å². The summed E-state index contributed by atoms with van der Waals surface area (Å²) in [6, 6.07) is 0. The van der Waals surface area contributed by atoms with Crippen LogP contribution in [0, 0.1) is 5.92 Å². The number of sulfonamides is 1. The van der Waals surface area contributed by atoms with Crippen molar-refractivity contribution < 1.29 is 17.9 Å². The van der Waals surface area contributed by atoms with Crippen molar-refractivity contribution in [1.82, 2.24) is 20.2 Å². The molecule has 0 aliphatic carbocycles. The van der Waals surface area contributed by atoms with Crippen LogP contribution >= 0.6 is 12.4 Å². The number of hydrogen-bond acceptors (Lipinski definition) is 6. The number of aromatic nitrogens is 2. The lowest BCUT2D eigenvalue weighted by molar-refractivity contribution is 0.0522. The Morgan fingerprint density at radius 1 is 1.52 bits per heavy atom. The molecule has 1 aromatic heterocycles. The fraction of sp³-hybridized carbons (Fsp3) is 0.692. The van der Waals surface area contributed by atoms with Crippen molar-refractivity contribution in [3.63, 3.8) is 0 Å². The number of halogens is 1. The lowest BCUT2D eigenvalue weighted by Gasteiger charge is -2.22. The smallest absolute Gasteiger partial charge is 0.342 e. The molecule has 1 aliphatic heterocycles. The summed E-state index contributed by atoms with van der Waals surface area (Å²) in [5.74, 6) is -0.226. The van der Waals surface area contributed by atoms with Crippen LogP contribution in [-0.4, -0.2) is 50.8 Å². The van der Waals surface area contributed by atoms with E-state index in [9.17, 15) is 13.2 Å². The van der Waals surface area contributed by atoms with Gasteiger partial charge in [0.25, 0.3) is 10.0 Å². The highest BCUT2D eigenvalue weighted by atomic mass is 35.5. The van der Waals surface area contributed by atoms with Gasteiger partial charge in [0.1, 0.15) is 5.56 Å². The lowest BCUT2D eigenvalue weighted by atomic mass is 9.96. The Labute approximate surface area is 142 Å². The van der Waals surface area contributed by atoms with Gasteiger partial charge in [0.05, 0.1) is 12.8 Å². The van der Waals surface area contributed by atoms with Gasteiger partial charge in [-0.15, -0.1) is 12.4 Å².